The Morgan fingerprint density at radius 1 is 1.42 bits per heavy atom. The van der Waals surface area contributed by atoms with Gasteiger partial charge in [-0.05, 0) is 52.1 Å². The number of allylic oxidation sites excluding steroid dienone is 1. The maximum atomic E-state index is 4.66. The van der Waals surface area contributed by atoms with Gasteiger partial charge in [-0.3, -0.25) is 4.68 Å². The van der Waals surface area contributed by atoms with Gasteiger partial charge >= 0.3 is 0 Å². The molecule has 0 amide bonds. The van der Waals surface area contributed by atoms with Crippen molar-refractivity contribution in [2.24, 2.45) is 0 Å². The average Bonchev–Trinajstić information content (AvgIpc) is 2.82. The fourth-order valence-electron chi connectivity index (χ4n) is 2.26. The Morgan fingerprint density at radius 3 is 2.68 bits per heavy atom. The number of hydrogen-bond acceptors (Lipinski definition) is 2. The summed E-state index contributed by atoms with van der Waals surface area (Å²) in [6.07, 6.45) is 4.33. The fourth-order valence-corrected chi connectivity index (χ4v) is 2.26. The van der Waals surface area contributed by atoms with E-state index in [1.807, 2.05) is 0 Å². The van der Waals surface area contributed by atoms with Crippen LogP contribution in [-0.4, -0.2) is 16.3 Å². The van der Waals surface area contributed by atoms with Crippen molar-refractivity contribution in [1.82, 2.24) is 15.1 Å². The molecule has 1 atom stereocenters. The minimum atomic E-state index is 0.393. The SMILES string of the molecule is C=C(C)CCC(NCCC)c1cc(CC)nn1CC. The molecule has 0 saturated carbocycles. The number of rotatable bonds is 9. The van der Waals surface area contributed by atoms with E-state index in [0.717, 1.165) is 38.8 Å². The first-order valence-corrected chi connectivity index (χ1v) is 7.56. The van der Waals surface area contributed by atoms with Gasteiger partial charge in [0.2, 0.25) is 0 Å². The molecule has 1 heterocycles. The van der Waals surface area contributed by atoms with Crippen molar-refractivity contribution in [3.05, 3.63) is 29.6 Å². The van der Waals surface area contributed by atoms with Crippen molar-refractivity contribution in [2.45, 2.75) is 66.0 Å². The van der Waals surface area contributed by atoms with Crippen LogP contribution >= 0.6 is 0 Å². The third-order valence-electron chi connectivity index (χ3n) is 3.38. The average molecular weight is 263 g/mol. The smallest absolute Gasteiger partial charge is 0.0625 e. The molecule has 1 unspecified atom stereocenters. The lowest BCUT2D eigenvalue weighted by Crippen LogP contribution is -2.24. The van der Waals surface area contributed by atoms with E-state index in [1.54, 1.807) is 0 Å². The molecule has 0 spiro atoms. The number of nitrogens with zero attached hydrogens (tertiary/aromatic N) is 2. The molecule has 0 aliphatic carbocycles. The summed E-state index contributed by atoms with van der Waals surface area (Å²) in [5.41, 5.74) is 3.77. The Kier molecular flexibility index (Phi) is 6.85. The van der Waals surface area contributed by atoms with Crippen molar-refractivity contribution < 1.29 is 0 Å². The second-order valence-corrected chi connectivity index (χ2v) is 5.23. The largest absolute Gasteiger partial charge is 0.309 e. The van der Waals surface area contributed by atoms with Gasteiger partial charge in [0.25, 0.3) is 0 Å². The quantitative estimate of drug-likeness (QED) is 0.686. The summed E-state index contributed by atoms with van der Waals surface area (Å²) < 4.78 is 2.14. The Bertz CT molecular complexity index is 393. The highest BCUT2D eigenvalue weighted by molar-refractivity contribution is 5.15. The molecule has 0 fully saturated rings. The van der Waals surface area contributed by atoms with E-state index in [2.05, 4.69) is 55.4 Å². The lowest BCUT2D eigenvalue weighted by molar-refractivity contribution is 0.456. The molecule has 1 rings (SSSR count). The van der Waals surface area contributed by atoms with E-state index in [1.165, 1.54) is 17.0 Å². The van der Waals surface area contributed by atoms with Gasteiger partial charge in [0.1, 0.15) is 0 Å². The van der Waals surface area contributed by atoms with Gasteiger partial charge in [-0.25, -0.2) is 0 Å². The molecule has 0 radical (unpaired) electrons. The zero-order chi connectivity index (χ0) is 14.3. The summed E-state index contributed by atoms with van der Waals surface area (Å²) in [4.78, 5) is 0. The number of aromatic nitrogens is 2. The molecule has 0 aliphatic heterocycles. The van der Waals surface area contributed by atoms with Crippen LogP contribution in [0.2, 0.25) is 0 Å². The second kappa shape index (κ2) is 8.16. The molecule has 108 valence electrons. The van der Waals surface area contributed by atoms with E-state index >= 15 is 0 Å². The van der Waals surface area contributed by atoms with Crippen LogP contribution in [-0.2, 0) is 13.0 Å². The molecular formula is C16H29N3. The van der Waals surface area contributed by atoms with E-state index in [9.17, 15) is 0 Å². The lowest BCUT2D eigenvalue weighted by Gasteiger charge is -2.19. The summed E-state index contributed by atoms with van der Waals surface area (Å²) in [6.45, 7) is 14.6. The summed E-state index contributed by atoms with van der Waals surface area (Å²) in [5, 5.41) is 8.31. The molecule has 1 aromatic rings. The van der Waals surface area contributed by atoms with Gasteiger partial charge < -0.3 is 5.32 Å². The molecule has 1 N–H and O–H groups in total. The predicted molar refractivity (Wildman–Crippen MR) is 82.4 cm³/mol. The highest BCUT2D eigenvalue weighted by atomic mass is 15.3. The Hall–Kier alpha value is -1.09. The first-order chi connectivity index (χ1) is 9.12. The molecule has 3 heteroatoms. The van der Waals surface area contributed by atoms with Crippen molar-refractivity contribution in [3.8, 4) is 0 Å². The van der Waals surface area contributed by atoms with Crippen LogP contribution in [0.25, 0.3) is 0 Å². The standard InChI is InChI=1S/C16H29N3/c1-6-11-17-15(10-9-13(4)5)16-12-14(7-2)18-19(16)8-3/h12,15,17H,4,6-11H2,1-3,5H3. The summed E-state index contributed by atoms with van der Waals surface area (Å²) in [6, 6.07) is 2.65. The van der Waals surface area contributed by atoms with Crippen molar-refractivity contribution in [3.63, 3.8) is 0 Å². The van der Waals surface area contributed by atoms with Crippen molar-refractivity contribution in [2.75, 3.05) is 6.54 Å². The summed E-state index contributed by atoms with van der Waals surface area (Å²) >= 11 is 0. The predicted octanol–water partition coefficient (Wildman–Crippen LogP) is 3.86. The molecule has 0 aromatic carbocycles. The molecule has 3 nitrogen and oxygen atoms in total. The highest BCUT2D eigenvalue weighted by Crippen LogP contribution is 2.22. The van der Waals surface area contributed by atoms with Crippen LogP contribution in [0.3, 0.4) is 0 Å². The molecule has 0 saturated heterocycles. The van der Waals surface area contributed by atoms with E-state index in [0.29, 0.717) is 6.04 Å². The van der Waals surface area contributed by atoms with E-state index in [4.69, 9.17) is 0 Å². The fraction of sp³-hybridized carbons (Fsp3) is 0.688. The molecule has 1 aromatic heterocycles. The molecular weight excluding hydrogens is 234 g/mol. The van der Waals surface area contributed by atoms with E-state index < -0.39 is 0 Å². The summed E-state index contributed by atoms with van der Waals surface area (Å²) in [5.74, 6) is 0. The number of aryl methyl sites for hydroxylation is 2. The van der Waals surface area contributed by atoms with Crippen LogP contribution in [0.4, 0.5) is 0 Å². The second-order valence-electron chi connectivity index (χ2n) is 5.23. The van der Waals surface area contributed by atoms with Crippen LogP contribution < -0.4 is 5.32 Å². The first kappa shape index (κ1) is 16.0. The van der Waals surface area contributed by atoms with Gasteiger partial charge in [-0.1, -0.05) is 19.4 Å². The van der Waals surface area contributed by atoms with Crippen LogP contribution in [0.15, 0.2) is 18.2 Å². The van der Waals surface area contributed by atoms with Crippen molar-refractivity contribution >= 4 is 0 Å². The maximum Gasteiger partial charge on any atom is 0.0625 e. The minimum absolute atomic E-state index is 0.393. The topological polar surface area (TPSA) is 29.9 Å². The Balaban J connectivity index is 2.87. The van der Waals surface area contributed by atoms with Crippen LogP contribution in [0.5, 0.6) is 0 Å². The van der Waals surface area contributed by atoms with Crippen molar-refractivity contribution in [1.29, 1.82) is 0 Å². The van der Waals surface area contributed by atoms with Gasteiger partial charge in [-0.15, -0.1) is 6.58 Å². The zero-order valence-electron chi connectivity index (χ0n) is 13.0. The maximum absolute atomic E-state index is 4.66. The van der Waals surface area contributed by atoms with E-state index in [-0.39, 0.29) is 0 Å². The third-order valence-corrected chi connectivity index (χ3v) is 3.38. The first-order valence-electron chi connectivity index (χ1n) is 7.56. The zero-order valence-corrected chi connectivity index (χ0v) is 13.0. The summed E-state index contributed by atoms with van der Waals surface area (Å²) in [7, 11) is 0. The van der Waals surface area contributed by atoms with Gasteiger partial charge in [-0.2, -0.15) is 5.10 Å². The minimum Gasteiger partial charge on any atom is -0.309 e. The van der Waals surface area contributed by atoms with Crippen LogP contribution in [0.1, 0.15) is 64.4 Å². The monoisotopic (exact) mass is 263 g/mol. The number of hydrogen-bond donors (Lipinski definition) is 1. The Labute approximate surface area is 118 Å². The van der Waals surface area contributed by atoms with Gasteiger partial charge in [0, 0.05) is 12.6 Å². The highest BCUT2D eigenvalue weighted by Gasteiger charge is 2.16. The number of nitrogens with one attached hydrogen (secondary N) is 1. The van der Waals surface area contributed by atoms with Gasteiger partial charge in [0.05, 0.1) is 11.4 Å². The van der Waals surface area contributed by atoms with Crippen LogP contribution in [0, 0.1) is 0 Å². The Morgan fingerprint density at radius 2 is 2.16 bits per heavy atom. The molecule has 0 aliphatic rings. The molecule has 0 bridgehead atoms. The molecule has 19 heavy (non-hydrogen) atoms. The lowest BCUT2D eigenvalue weighted by atomic mass is 10.0. The van der Waals surface area contributed by atoms with Gasteiger partial charge in [0.15, 0.2) is 0 Å². The normalized spacial score (nSPS) is 12.6. The third kappa shape index (κ3) is 4.83.